The maximum atomic E-state index is 12.8. The van der Waals surface area contributed by atoms with Crippen molar-refractivity contribution in [3.8, 4) is 0 Å². The van der Waals surface area contributed by atoms with Crippen molar-refractivity contribution in [3.63, 3.8) is 0 Å². The number of amides is 1. The van der Waals surface area contributed by atoms with Crippen LogP contribution in [-0.4, -0.2) is 28.6 Å². The number of carbonyl (C=O) groups excluding carboxylic acids is 1. The summed E-state index contributed by atoms with van der Waals surface area (Å²) >= 11 is 6.09. The molecule has 1 aromatic heterocycles. The van der Waals surface area contributed by atoms with Crippen molar-refractivity contribution in [1.82, 2.24) is 10.3 Å². The van der Waals surface area contributed by atoms with Gasteiger partial charge in [0, 0.05) is 15.9 Å². The van der Waals surface area contributed by atoms with E-state index in [0.29, 0.717) is 23.6 Å². The number of aryl methyl sites for hydroxylation is 1. The fourth-order valence-electron chi connectivity index (χ4n) is 3.10. The Morgan fingerprint density at radius 3 is 2.68 bits per heavy atom. The summed E-state index contributed by atoms with van der Waals surface area (Å²) in [5.74, 6) is -0.209. The number of benzene rings is 2. The minimum absolute atomic E-state index is 0.117. The second-order valence-corrected chi connectivity index (χ2v) is 6.50. The zero-order chi connectivity index (χ0) is 17.8. The highest BCUT2D eigenvalue weighted by Gasteiger charge is 2.19. The van der Waals surface area contributed by atoms with Crippen molar-refractivity contribution >= 4 is 28.4 Å². The van der Waals surface area contributed by atoms with E-state index >= 15 is 0 Å². The Kier molecular flexibility index (Phi) is 5.41. The number of fused-ring (bicyclic) bond motifs is 1. The Hall–Kier alpha value is -2.30. The first-order valence-corrected chi connectivity index (χ1v) is 8.76. The number of aromatic nitrogens is 1. The molecule has 3 N–H and O–H groups in total. The fraction of sp³-hybridized carbons (Fsp3) is 0.250. The van der Waals surface area contributed by atoms with Gasteiger partial charge in [0.25, 0.3) is 5.91 Å². The van der Waals surface area contributed by atoms with Crippen LogP contribution in [-0.2, 0) is 12.8 Å². The number of hydrogen-bond acceptors (Lipinski definition) is 2. The number of rotatable bonds is 6. The van der Waals surface area contributed by atoms with Crippen LogP contribution in [0.4, 0.5) is 0 Å². The molecule has 0 bridgehead atoms. The number of aromatic amines is 1. The van der Waals surface area contributed by atoms with Gasteiger partial charge in [-0.2, -0.15) is 0 Å². The summed E-state index contributed by atoms with van der Waals surface area (Å²) in [7, 11) is 0. The number of halogens is 1. The Balaban J connectivity index is 1.83. The van der Waals surface area contributed by atoms with Gasteiger partial charge in [0.15, 0.2) is 0 Å². The van der Waals surface area contributed by atoms with Gasteiger partial charge in [-0.25, -0.2) is 0 Å². The maximum absolute atomic E-state index is 12.8. The van der Waals surface area contributed by atoms with Gasteiger partial charge in [0.1, 0.15) is 5.69 Å². The van der Waals surface area contributed by atoms with Gasteiger partial charge in [-0.3, -0.25) is 4.79 Å². The van der Waals surface area contributed by atoms with Crippen molar-refractivity contribution < 1.29 is 9.90 Å². The van der Waals surface area contributed by atoms with E-state index in [0.717, 1.165) is 22.0 Å². The van der Waals surface area contributed by atoms with Gasteiger partial charge in [0.05, 0.1) is 12.6 Å². The molecule has 3 aromatic rings. The first-order valence-electron chi connectivity index (χ1n) is 8.38. The van der Waals surface area contributed by atoms with Crippen LogP contribution < -0.4 is 5.32 Å². The molecule has 2 aromatic carbocycles. The zero-order valence-electron chi connectivity index (χ0n) is 14.1. The van der Waals surface area contributed by atoms with Gasteiger partial charge in [-0.05, 0) is 42.2 Å². The SMILES string of the molecule is CCc1c(C(=O)NC(CO)Cc2ccccc2)[nH]c2ccc(Cl)cc12. The highest BCUT2D eigenvalue weighted by atomic mass is 35.5. The molecular formula is C20H21ClN2O2. The molecule has 0 saturated heterocycles. The molecule has 5 heteroatoms. The summed E-state index contributed by atoms with van der Waals surface area (Å²) in [6, 6.07) is 15.0. The highest BCUT2D eigenvalue weighted by molar-refractivity contribution is 6.31. The van der Waals surface area contributed by atoms with Crippen molar-refractivity contribution in [3.05, 3.63) is 70.4 Å². The summed E-state index contributed by atoms with van der Waals surface area (Å²) in [6.07, 6.45) is 1.29. The predicted molar refractivity (Wildman–Crippen MR) is 101 cm³/mol. The van der Waals surface area contributed by atoms with Crippen molar-refractivity contribution in [2.75, 3.05) is 6.61 Å². The summed E-state index contributed by atoms with van der Waals surface area (Å²) in [4.78, 5) is 15.9. The van der Waals surface area contributed by atoms with Gasteiger partial charge in [-0.15, -0.1) is 0 Å². The minimum atomic E-state index is -0.338. The normalized spacial score (nSPS) is 12.3. The first-order chi connectivity index (χ1) is 12.1. The number of hydrogen-bond donors (Lipinski definition) is 3. The number of aliphatic hydroxyl groups excluding tert-OH is 1. The molecule has 0 aliphatic heterocycles. The molecule has 0 aliphatic carbocycles. The van der Waals surface area contributed by atoms with Crippen molar-refractivity contribution in [2.24, 2.45) is 0 Å². The lowest BCUT2D eigenvalue weighted by Gasteiger charge is -2.16. The molecule has 25 heavy (non-hydrogen) atoms. The van der Waals surface area contributed by atoms with Gasteiger partial charge in [0.2, 0.25) is 0 Å². The molecule has 0 aliphatic rings. The number of H-pyrrole nitrogens is 1. The monoisotopic (exact) mass is 356 g/mol. The van der Waals surface area contributed by atoms with E-state index < -0.39 is 0 Å². The molecule has 0 spiro atoms. The molecule has 130 valence electrons. The van der Waals surface area contributed by atoms with E-state index in [9.17, 15) is 9.90 Å². The molecule has 1 amide bonds. The van der Waals surface area contributed by atoms with E-state index in [2.05, 4.69) is 10.3 Å². The van der Waals surface area contributed by atoms with Crippen LogP contribution in [0.5, 0.6) is 0 Å². The van der Waals surface area contributed by atoms with Crippen LogP contribution in [0.25, 0.3) is 10.9 Å². The minimum Gasteiger partial charge on any atom is -0.394 e. The third-order valence-electron chi connectivity index (χ3n) is 4.33. The Labute approximate surface area is 151 Å². The second kappa shape index (κ2) is 7.72. The summed E-state index contributed by atoms with van der Waals surface area (Å²) in [6.45, 7) is 1.89. The van der Waals surface area contributed by atoms with Crippen LogP contribution in [0.15, 0.2) is 48.5 Å². The Bertz CT molecular complexity index is 874. The molecule has 0 saturated carbocycles. The van der Waals surface area contributed by atoms with E-state index in [1.165, 1.54) is 0 Å². The third-order valence-corrected chi connectivity index (χ3v) is 4.56. The fourth-order valence-corrected chi connectivity index (χ4v) is 3.27. The average molecular weight is 357 g/mol. The Morgan fingerprint density at radius 2 is 2.00 bits per heavy atom. The maximum Gasteiger partial charge on any atom is 0.268 e. The lowest BCUT2D eigenvalue weighted by Crippen LogP contribution is -2.39. The quantitative estimate of drug-likeness (QED) is 0.630. The number of nitrogens with one attached hydrogen (secondary N) is 2. The molecular weight excluding hydrogens is 336 g/mol. The van der Waals surface area contributed by atoms with Crippen LogP contribution in [0.2, 0.25) is 5.02 Å². The first kappa shape index (κ1) is 17.5. The van der Waals surface area contributed by atoms with Crippen LogP contribution in [0, 0.1) is 0 Å². The van der Waals surface area contributed by atoms with E-state index in [1.54, 1.807) is 6.07 Å². The largest absolute Gasteiger partial charge is 0.394 e. The molecule has 1 heterocycles. The van der Waals surface area contributed by atoms with Crippen LogP contribution >= 0.6 is 11.6 Å². The zero-order valence-corrected chi connectivity index (χ0v) is 14.8. The van der Waals surface area contributed by atoms with Gasteiger partial charge >= 0.3 is 0 Å². The molecule has 1 atom stereocenters. The molecule has 3 rings (SSSR count). The van der Waals surface area contributed by atoms with Crippen molar-refractivity contribution in [1.29, 1.82) is 0 Å². The third kappa shape index (κ3) is 3.86. The lowest BCUT2D eigenvalue weighted by molar-refractivity contribution is 0.0911. The van der Waals surface area contributed by atoms with E-state index in [4.69, 9.17) is 11.6 Å². The standard InChI is InChI=1S/C20H21ClN2O2/c1-2-16-17-11-14(21)8-9-18(17)23-19(16)20(25)22-15(12-24)10-13-6-4-3-5-7-13/h3-9,11,15,23-24H,2,10,12H2,1H3,(H,22,25). The molecule has 0 radical (unpaired) electrons. The lowest BCUT2D eigenvalue weighted by atomic mass is 10.1. The van der Waals surface area contributed by atoms with E-state index in [-0.39, 0.29) is 18.6 Å². The van der Waals surface area contributed by atoms with Crippen molar-refractivity contribution in [2.45, 2.75) is 25.8 Å². The smallest absolute Gasteiger partial charge is 0.268 e. The summed E-state index contributed by atoms with van der Waals surface area (Å²) < 4.78 is 0. The average Bonchev–Trinajstić information content (AvgIpc) is 2.99. The van der Waals surface area contributed by atoms with E-state index in [1.807, 2.05) is 49.4 Å². The number of aliphatic hydroxyl groups is 1. The van der Waals surface area contributed by atoms with Crippen LogP contribution in [0.3, 0.4) is 0 Å². The second-order valence-electron chi connectivity index (χ2n) is 6.06. The molecule has 4 nitrogen and oxygen atoms in total. The topological polar surface area (TPSA) is 65.1 Å². The number of carbonyl (C=O) groups is 1. The Morgan fingerprint density at radius 1 is 1.24 bits per heavy atom. The molecule has 1 unspecified atom stereocenters. The van der Waals surface area contributed by atoms with Gasteiger partial charge < -0.3 is 15.4 Å². The van der Waals surface area contributed by atoms with Crippen LogP contribution in [0.1, 0.15) is 28.5 Å². The highest BCUT2D eigenvalue weighted by Crippen LogP contribution is 2.26. The predicted octanol–water partition coefficient (Wildman–Crippen LogP) is 3.72. The van der Waals surface area contributed by atoms with Gasteiger partial charge in [-0.1, -0.05) is 48.9 Å². The summed E-state index contributed by atoms with van der Waals surface area (Å²) in [5, 5.41) is 14.2. The summed E-state index contributed by atoms with van der Waals surface area (Å²) in [5.41, 5.74) is 3.42. The molecule has 0 fully saturated rings.